The molecule has 1 amide bonds. The van der Waals surface area contributed by atoms with Crippen molar-refractivity contribution in [3.63, 3.8) is 0 Å². The lowest BCUT2D eigenvalue weighted by Gasteiger charge is -2.31. The number of aliphatic hydroxyl groups excluding tert-OH is 1. The summed E-state index contributed by atoms with van der Waals surface area (Å²) < 4.78 is 12.1. The van der Waals surface area contributed by atoms with Gasteiger partial charge in [-0.05, 0) is 18.4 Å². The fourth-order valence-corrected chi connectivity index (χ4v) is 2.80. The lowest BCUT2D eigenvalue weighted by atomic mass is 10.1. The van der Waals surface area contributed by atoms with Crippen LogP contribution in [0.3, 0.4) is 0 Å². The minimum atomic E-state index is -1.08. The van der Waals surface area contributed by atoms with Gasteiger partial charge in [0, 0.05) is 25.6 Å². The predicted octanol–water partition coefficient (Wildman–Crippen LogP) is -0.747. The largest absolute Gasteiger partial charge is 0.480 e. The van der Waals surface area contributed by atoms with Crippen LogP contribution in [0.25, 0.3) is 5.65 Å². The van der Waals surface area contributed by atoms with Crippen LogP contribution in [-0.4, -0.2) is 75.3 Å². The monoisotopic (exact) mass is 364 g/mol. The number of carbonyl (C=O) groups excluding carboxylic acids is 1. The average molecular weight is 364 g/mol. The summed E-state index contributed by atoms with van der Waals surface area (Å²) in [5.41, 5.74) is 1.52. The van der Waals surface area contributed by atoms with E-state index >= 15 is 0 Å². The quantitative estimate of drug-likeness (QED) is 0.584. The summed E-state index contributed by atoms with van der Waals surface area (Å²) >= 11 is 0. The number of carbonyl (C=O) groups is 2. The molecule has 1 fully saturated rings. The zero-order chi connectivity index (χ0) is 18.5. The molecule has 0 radical (unpaired) electrons. The van der Waals surface area contributed by atoms with Gasteiger partial charge in [0.2, 0.25) is 0 Å². The smallest absolute Gasteiger partial charge is 0.329 e. The third-order valence-electron chi connectivity index (χ3n) is 4.10. The topological polar surface area (TPSA) is 135 Å². The highest BCUT2D eigenvalue weighted by Crippen LogP contribution is 2.14. The zero-order valence-corrected chi connectivity index (χ0v) is 14.0. The fourth-order valence-electron chi connectivity index (χ4n) is 2.80. The number of nitrogens with one attached hydrogen (secondary N) is 1. The van der Waals surface area contributed by atoms with E-state index in [1.165, 1.54) is 10.7 Å². The predicted molar refractivity (Wildman–Crippen MR) is 87.8 cm³/mol. The summed E-state index contributed by atoms with van der Waals surface area (Å²) in [6.07, 6.45) is 5.17. The molecule has 10 nitrogen and oxygen atoms in total. The van der Waals surface area contributed by atoms with Gasteiger partial charge in [-0.2, -0.15) is 5.10 Å². The van der Waals surface area contributed by atoms with Crippen molar-refractivity contribution in [3.05, 3.63) is 29.7 Å². The standard InChI is InChI=1S/C16H20N4O6/c21-3-1-10-5-17-15-11(6-18-20(15)7-10)16(24)19-12-2-4-25-8-13(12)26-9-14(22)23/h5-7,12-13,21H,1-4,8-9H2,(H,19,24)(H,22,23)/t12-,13-/m1/s1. The Bertz CT molecular complexity index is 792. The Hall–Kier alpha value is -2.56. The van der Waals surface area contributed by atoms with Crippen molar-refractivity contribution in [1.29, 1.82) is 0 Å². The second kappa shape index (κ2) is 8.21. The second-order valence-corrected chi connectivity index (χ2v) is 5.95. The molecule has 0 saturated carbocycles. The van der Waals surface area contributed by atoms with Gasteiger partial charge in [0.25, 0.3) is 5.91 Å². The number of ether oxygens (including phenoxy) is 2. The molecule has 0 bridgehead atoms. The fraction of sp³-hybridized carbons (Fsp3) is 0.500. The van der Waals surface area contributed by atoms with Gasteiger partial charge in [0.15, 0.2) is 5.65 Å². The van der Waals surface area contributed by atoms with Gasteiger partial charge in [0.05, 0.1) is 18.8 Å². The molecule has 2 aromatic heterocycles. The molecule has 10 heteroatoms. The molecule has 1 aliphatic rings. The Labute approximate surface area is 148 Å². The molecule has 0 unspecified atom stereocenters. The highest BCUT2D eigenvalue weighted by atomic mass is 16.5. The summed E-state index contributed by atoms with van der Waals surface area (Å²) in [4.78, 5) is 27.6. The Kier molecular flexibility index (Phi) is 5.76. The van der Waals surface area contributed by atoms with Crippen molar-refractivity contribution in [3.8, 4) is 0 Å². The lowest BCUT2D eigenvalue weighted by molar-refractivity contribution is -0.148. The number of rotatable bonds is 7. The minimum absolute atomic E-state index is 0.00325. The first-order valence-corrected chi connectivity index (χ1v) is 8.23. The summed E-state index contributed by atoms with van der Waals surface area (Å²) in [5.74, 6) is -1.44. The number of aliphatic hydroxyl groups is 1. The van der Waals surface area contributed by atoms with Crippen molar-refractivity contribution < 1.29 is 29.3 Å². The molecule has 1 saturated heterocycles. The number of hydrogen-bond acceptors (Lipinski definition) is 7. The van der Waals surface area contributed by atoms with Crippen LogP contribution in [0.15, 0.2) is 18.6 Å². The second-order valence-electron chi connectivity index (χ2n) is 5.95. The number of carboxylic acids is 1. The maximum Gasteiger partial charge on any atom is 0.329 e. The van der Waals surface area contributed by atoms with Gasteiger partial charge < -0.3 is 25.0 Å². The van der Waals surface area contributed by atoms with E-state index in [0.29, 0.717) is 30.7 Å². The first-order chi connectivity index (χ1) is 12.6. The maximum absolute atomic E-state index is 12.6. The number of hydrogen-bond donors (Lipinski definition) is 3. The van der Waals surface area contributed by atoms with Gasteiger partial charge in [-0.1, -0.05) is 0 Å². The zero-order valence-electron chi connectivity index (χ0n) is 14.0. The molecule has 2 atom stereocenters. The molecule has 0 aromatic carbocycles. The average Bonchev–Trinajstić information content (AvgIpc) is 3.04. The number of fused-ring (bicyclic) bond motifs is 1. The van der Waals surface area contributed by atoms with Crippen molar-refractivity contribution in [1.82, 2.24) is 19.9 Å². The van der Waals surface area contributed by atoms with Crippen molar-refractivity contribution >= 4 is 17.5 Å². The van der Waals surface area contributed by atoms with E-state index in [2.05, 4.69) is 15.4 Å². The van der Waals surface area contributed by atoms with E-state index in [0.717, 1.165) is 5.56 Å². The first kappa shape index (κ1) is 18.2. The van der Waals surface area contributed by atoms with Crippen LogP contribution in [0.5, 0.6) is 0 Å². The van der Waals surface area contributed by atoms with Crippen LogP contribution in [-0.2, 0) is 20.7 Å². The van der Waals surface area contributed by atoms with E-state index in [1.807, 2.05) is 0 Å². The molecule has 1 aliphatic heterocycles. The Morgan fingerprint density at radius 3 is 3.04 bits per heavy atom. The van der Waals surface area contributed by atoms with Crippen LogP contribution in [0.4, 0.5) is 0 Å². The van der Waals surface area contributed by atoms with Crippen LogP contribution < -0.4 is 5.32 Å². The molecule has 3 N–H and O–H groups in total. The molecule has 0 spiro atoms. The molecule has 3 rings (SSSR count). The van der Waals surface area contributed by atoms with Crippen LogP contribution in [0, 0.1) is 0 Å². The third-order valence-corrected chi connectivity index (χ3v) is 4.10. The number of aliphatic carboxylic acids is 1. The number of nitrogens with zero attached hydrogens (tertiary/aromatic N) is 3. The number of amides is 1. The molecule has 140 valence electrons. The van der Waals surface area contributed by atoms with Crippen LogP contribution >= 0.6 is 0 Å². The molecule has 0 aliphatic carbocycles. The summed E-state index contributed by atoms with van der Waals surface area (Å²) in [6, 6.07) is -0.362. The van der Waals surface area contributed by atoms with Crippen LogP contribution in [0.2, 0.25) is 0 Å². The summed E-state index contributed by atoms with van der Waals surface area (Å²) in [5, 5.41) is 24.7. The number of aromatic nitrogens is 3. The Morgan fingerprint density at radius 1 is 1.42 bits per heavy atom. The summed E-state index contributed by atoms with van der Waals surface area (Å²) in [6.45, 7) is 0.223. The maximum atomic E-state index is 12.6. The van der Waals surface area contributed by atoms with E-state index in [4.69, 9.17) is 19.7 Å². The van der Waals surface area contributed by atoms with Gasteiger partial charge >= 0.3 is 5.97 Å². The first-order valence-electron chi connectivity index (χ1n) is 8.23. The van der Waals surface area contributed by atoms with Gasteiger partial charge in [-0.3, -0.25) is 4.79 Å². The van der Waals surface area contributed by atoms with E-state index in [1.54, 1.807) is 12.4 Å². The third kappa shape index (κ3) is 4.15. The minimum Gasteiger partial charge on any atom is -0.480 e. The van der Waals surface area contributed by atoms with Gasteiger partial charge in [0.1, 0.15) is 18.3 Å². The number of carboxylic acid groups (broad SMARTS) is 1. The van der Waals surface area contributed by atoms with Crippen LogP contribution in [0.1, 0.15) is 22.3 Å². The normalized spacial score (nSPS) is 20.2. The molecular weight excluding hydrogens is 344 g/mol. The van der Waals surface area contributed by atoms with Crippen molar-refractivity contribution in [2.45, 2.75) is 25.0 Å². The molecular formula is C16H20N4O6. The van der Waals surface area contributed by atoms with Gasteiger partial charge in [-0.25, -0.2) is 14.3 Å². The van der Waals surface area contributed by atoms with E-state index in [-0.39, 0.29) is 25.2 Å². The van der Waals surface area contributed by atoms with Crippen molar-refractivity contribution in [2.75, 3.05) is 26.4 Å². The Morgan fingerprint density at radius 2 is 2.27 bits per heavy atom. The molecule has 2 aromatic rings. The summed E-state index contributed by atoms with van der Waals surface area (Å²) in [7, 11) is 0. The van der Waals surface area contributed by atoms with Crippen molar-refractivity contribution in [2.24, 2.45) is 0 Å². The molecule has 3 heterocycles. The van der Waals surface area contributed by atoms with Gasteiger partial charge in [-0.15, -0.1) is 0 Å². The highest BCUT2D eigenvalue weighted by molar-refractivity contribution is 5.99. The van der Waals surface area contributed by atoms with E-state index in [9.17, 15) is 9.59 Å². The molecule has 26 heavy (non-hydrogen) atoms. The van der Waals surface area contributed by atoms with E-state index < -0.39 is 18.7 Å². The SMILES string of the molecule is O=C(O)CO[C@@H]1COCC[C@H]1NC(=O)c1cnn2cc(CCO)cnc12. The highest BCUT2D eigenvalue weighted by Gasteiger charge is 2.29. The Balaban J connectivity index is 1.72. The lowest BCUT2D eigenvalue weighted by Crippen LogP contribution is -2.50.